The molecule has 3 heteroatoms. The molecule has 0 amide bonds. The highest BCUT2D eigenvalue weighted by Crippen LogP contribution is 2.20. The molecule has 0 fully saturated rings. The fraction of sp³-hybridized carbons (Fsp3) is 0.222. The summed E-state index contributed by atoms with van der Waals surface area (Å²) >= 11 is 2.06. The van der Waals surface area contributed by atoms with Crippen molar-refractivity contribution in [2.75, 3.05) is 0 Å². The first kappa shape index (κ1) is 9.51. The number of phenolic OH excluding ortho intramolecular Hbond substituents is 1. The van der Waals surface area contributed by atoms with Gasteiger partial charge < -0.3 is 9.90 Å². The summed E-state index contributed by atoms with van der Waals surface area (Å²) < 4.78 is 0.830. The largest absolute Gasteiger partial charge is 0.507 e. The topological polar surface area (TPSA) is 37.3 Å². The quantitative estimate of drug-likeness (QED) is 0.678. The molecule has 0 saturated carbocycles. The van der Waals surface area contributed by atoms with Gasteiger partial charge in [0.1, 0.15) is 12.0 Å². The van der Waals surface area contributed by atoms with Crippen molar-refractivity contribution in [2.24, 2.45) is 0 Å². The minimum Gasteiger partial charge on any atom is -0.507 e. The molecule has 0 aliphatic heterocycles. The second-order valence-corrected chi connectivity index (χ2v) is 3.65. The molecule has 2 nitrogen and oxygen atoms in total. The average Bonchev–Trinajstić information content (AvgIpc) is 2.07. The Morgan fingerprint density at radius 1 is 1.50 bits per heavy atom. The van der Waals surface area contributed by atoms with Crippen molar-refractivity contribution in [3.63, 3.8) is 0 Å². The lowest BCUT2D eigenvalue weighted by Crippen LogP contribution is -1.86. The molecule has 0 saturated heterocycles. The van der Waals surface area contributed by atoms with Crippen LogP contribution >= 0.6 is 22.6 Å². The van der Waals surface area contributed by atoms with Gasteiger partial charge in [-0.05, 0) is 46.7 Å². The van der Waals surface area contributed by atoms with E-state index in [0.29, 0.717) is 12.2 Å². The zero-order valence-electron chi connectivity index (χ0n) is 6.46. The van der Waals surface area contributed by atoms with Crippen LogP contribution in [0.3, 0.4) is 0 Å². The highest BCUT2D eigenvalue weighted by atomic mass is 127. The Hall–Kier alpha value is -0.580. The lowest BCUT2D eigenvalue weighted by Gasteiger charge is -2.00. The summed E-state index contributed by atoms with van der Waals surface area (Å²) in [6.07, 6.45) is 2.19. The number of halogens is 1. The van der Waals surface area contributed by atoms with Crippen LogP contribution in [0.5, 0.6) is 5.75 Å². The lowest BCUT2D eigenvalue weighted by atomic mass is 10.1. The van der Waals surface area contributed by atoms with Crippen molar-refractivity contribution in [2.45, 2.75) is 12.8 Å². The zero-order valence-corrected chi connectivity index (χ0v) is 8.61. The molecular formula is C9H9IO2. The molecule has 12 heavy (non-hydrogen) atoms. The number of aldehydes is 1. The molecule has 0 radical (unpaired) electrons. The first-order valence-corrected chi connectivity index (χ1v) is 4.73. The zero-order chi connectivity index (χ0) is 8.97. The van der Waals surface area contributed by atoms with Crippen LogP contribution in [-0.2, 0) is 11.2 Å². The van der Waals surface area contributed by atoms with Gasteiger partial charge in [0.05, 0.1) is 3.57 Å². The lowest BCUT2D eigenvalue weighted by molar-refractivity contribution is -0.107. The van der Waals surface area contributed by atoms with Gasteiger partial charge in [-0.2, -0.15) is 0 Å². The van der Waals surface area contributed by atoms with Crippen LogP contribution in [0.4, 0.5) is 0 Å². The molecule has 0 aliphatic carbocycles. The summed E-state index contributed by atoms with van der Waals surface area (Å²) in [4.78, 5) is 10.1. The number of benzene rings is 1. The fourth-order valence-corrected chi connectivity index (χ4v) is 1.51. The van der Waals surface area contributed by atoms with Crippen molar-refractivity contribution in [1.29, 1.82) is 0 Å². The van der Waals surface area contributed by atoms with Gasteiger partial charge >= 0.3 is 0 Å². The molecule has 0 aromatic heterocycles. The van der Waals surface area contributed by atoms with Gasteiger partial charge in [0.25, 0.3) is 0 Å². The Morgan fingerprint density at radius 3 is 2.83 bits per heavy atom. The number of aryl methyl sites for hydroxylation is 1. The summed E-state index contributed by atoms with van der Waals surface area (Å²) in [6, 6.07) is 5.38. The van der Waals surface area contributed by atoms with E-state index in [2.05, 4.69) is 22.6 Å². The van der Waals surface area contributed by atoms with Crippen molar-refractivity contribution in [1.82, 2.24) is 0 Å². The van der Waals surface area contributed by atoms with Crippen molar-refractivity contribution < 1.29 is 9.90 Å². The normalized spacial score (nSPS) is 9.75. The molecule has 1 N–H and O–H groups in total. The van der Waals surface area contributed by atoms with E-state index in [4.69, 9.17) is 0 Å². The van der Waals surface area contributed by atoms with Gasteiger partial charge in [-0.1, -0.05) is 6.07 Å². The van der Waals surface area contributed by atoms with Gasteiger partial charge in [-0.3, -0.25) is 0 Å². The standard InChI is InChI=1S/C9H9IO2/c10-8-6-7(2-1-5-11)3-4-9(8)12/h3-6,12H,1-2H2. The Bertz CT molecular complexity index is 284. The Morgan fingerprint density at radius 2 is 2.25 bits per heavy atom. The third-order valence-corrected chi connectivity index (χ3v) is 2.43. The molecule has 0 aliphatic rings. The van der Waals surface area contributed by atoms with Gasteiger partial charge in [-0.15, -0.1) is 0 Å². The van der Waals surface area contributed by atoms with Gasteiger partial charge in [0.15, 0.2) is 0 Å². The number of phenols is 1. The molecule has 0 atom stereocenters. The molecule has 0 unspecified atom stereocenters. The summed E-state index contributed by atoms with van der Waals surface area (Å²) in [5.41, 5.74) is 1.09. The SMILES string of the molecule is O=CCCc1ccc(O)c(I)c1. The molecular weight excluding hydrogens is 267 g/mol. The van der Waals surface area contributed by atoms with Crippen molar-refractivity contribution in [3.8, 4) is 5.75 Å². The first-order chi connectivity index (χ1) is 5.74. The van der Waals surface area contributed by atoms with E-state index in [9.17, 15) is 9.90 Å². The van der Waals surface area contributed by atoms with Crippen LogP contribution in [0.25, 0.3) is 0 Å². The predicted molar refractivity (Wildman–Crippen MR) is 55.2 cm³/mol. The minimum atomic E-state index is 0.297. The highest BCUT2D eigenvalue weighted by molar-refractivity contribution is 14.1. The maximum atomic E-state index is 10.1. The number of carbonyl (C=O) groups is 1. The van der Waals surface area contributed by atoms with Crippen LogP contribution in [0.1, 0.15) is 12.0 Å². The van der Waals surface area contributed by atoms with E-state index in [0.717, 1.165) is 21.8 Å². The predicted octanol–water partition coefficient (Wildman–Crippen LogP) is 2.13. The fourth-order valence-electron chi connectivity index (χ4n) is 0.932. The third kappa shape index (κ3) is 2.48. The van der Waals surface area contributed by atoms with Crippen LogP contribution < -0.4 is 0 Å². The minimum absolute atomic E-state index is 0.297. The van der Waals surface area contributed by atoms with Crippen LogP contribution in [0.15, 0.2) is 18.2 Å². The Kier molecular flexibility index (Phi) is 3.52. The number of hydrogen-bond acceptors (Lipinski definition) is 2. The molecule has 0 heterocycles. The Balaban J connectivity index is 2.75. The second-order valence-electron chi connectivity index (χ2n) is 2.49. The summed E-state index contributed by atoms with van der Waals surface area (Å²) in [5.74, 6) is 0.297. The molecule has 1 aromatic carbocycles. The maximum absolute atomic E-state index is 10.1. The summed E-state index contributed by atoms with van der Waals surface area (Å²) in [6.45, 7) is 0. The smallest absolute Gasteiger partial charge is 0.128 e. The number of aromatic hydroxyl groups is 1. The van der Waals surface area contributed by atoms with Crippen molar-refractivity contribution in [3.05, 3.63) is 27.3 Å². The maximum Gasteiger partial charge on any atom is 0.128 e. The van der Waals surface area contributed by atoms with E-state index >= 15 is 0 Å². The van der Waals surface area contributed by atoms with Crippen LogP contribution in [0.2, 0.25) is 0 Å². The monoisotopic (exact) mass is 276 g/mol. The molecule has 0 bridgehead atoms. The van der Waals surface area contributed by atoms with E-state index in [-0.39, 0.29) is 0 Å². The summed E-state index contributed by atoms with van der Waals surface area (Å²) in [5, 5.41) is 9.19. The third-order valence-electron chi connectivity index (χ3n) is 1.56. The van der Waals surface area contributed by atoms with Crippen LogP contribution in [-0.4, -0.2) is 11.4 Å². The number of rotatable bonds is 3. The van der Waals surface area contributed by atoms with E-state index < -0.39 is 0 Å². The Labute approximate surface area is 84.7 Å². The van der Waals surface area contributed by atoms with Gasteiger partial charge in [0.2, 0.25) is 0 Å². The summed E-state index contributed by atoms with van der Waals surface area (Å²) in [7, 11) is 0. The van der Waals surface area contributed by atoms with E-state index in [1.807, 2.05) is 12.1 Å². The van der Waals surface area contributed by atoms with Gasteiger partial charge in [-0.25, -0.2) is 0 Å². The number of carbonyl (C=O) groups excluding carboxylic acids is 1. The first-order valence-electron chi connectivity index (χ1n) is 3.65. The van der Waals surface area contributed by atoms with Gasteiger partial charge in [0, 0.05) is 6.42 Å². The molecule has 1 rings (SSSR count). The van der Waals surface area contributed by atoms with E-state index in [1.165, 1.54) is 0 Å². The molecule has 1 aromatic rings. The second kappa shape index (κ2) is 4.45. The van der Waals surface area contributed by atoms with Crippen LogP contribution in [0, 0.1) is 3.57 Å². The number of hydrogen-bond donors (Lipinski definition) is 1. The molecule has 64 valence electrons. The van der Waals surface area contributed by atoms with Crippen molar-refractivity contribution >= 4 is 28.9 Å². The highest BCUT2D eigenvalue weighted by Gasteiger charge is 1.98. The van der Waals surface area contributed by atoms with E-state index in [1.54, 1.807) is 6.07 Å². The average molecular weight is 276 g/mol. The molecule has 0 spiro atoms.